The third-order valence-electron chi connectivity index (χ3n) is 3.12. The second kappa shape index (κ2) is 5.89. The Morgan fingerprint density at radius 3 is 2.79 bits per heavy atom. The minimum atomic E-state index is 0.404. The fourth-order valence-electron chi connectivity index (χ4n) is 2.00. The van der Waals surface area contributed by atoms with Crippen LogP contribution in [0.2, 0.25) is 0 Å². The number of nitrogens with two attached hydrogens (primary N) is 1. The molecule has 0 spiro atoms. The Kier molecular flexibility index (Phi) is 4.22. The van der Waals surface area contributed by atoms with Crippen LogP contribution in [0.3, 0.4) is 0 Å². The summed E-state index contributed by atoms with van der Waals surface area (Å²) in [5, 5.41) is 4.51. The van der Waals surface area contributed by atoms with Crippen molar-refractivity contribution in [3.63, 3.8) is 0 Å². The Hall–Kier alpha value is -1.81. The molecule has 1 atom stereocenters. The summed E-state index contributed by atoms with van der Waals surface area (Å²) >= 11 is 0. The van der Waals surface area contributed by atoms with Gasteiger partial charge >= 0.3 is 0 Å². The Labute approximate surface area is 114 Å². The van der Waals surface area contributed by atoms with Crippen molar-refractivity contribution < 1.29 is 0 Å². The minimum absolute atomic E-state index is 0.404. The number of fused-ring (bicyclic) bond motifs is 1. The molecule has 19 heavy (non-hydrogen) atoms. The molecule has 3 N–H and O–H groups in total. The summed E-state index contributed by atoms with van der Waals surface area (Å²) in [6.07, 6.45) is 1.09. The van der Waals surface area contributed by atoms with Gasteiger partial charge < -0.3 is 16.0 Å². The van der Waals surface area contributed by atoms with Gasteiger partial charge in [-0.25, -0.2) is 4.98 Å². The molecule has 2 rings (SSSR count). The lowest BCUT2D eigenvalue weighted by atomic mass is 10.2. The smallest absolute Gasteiger partial charge is 0.126 e. The third-order valence-corrected chi connectivity index (χ3v) is 3.12. The molecular weight excluding hydrogens is 236 g/mol. The number of hydrogen-bond acceptors (Lipinski definition) is 4. The fourth-order valence-corrected chi connectivity index (χ4v) is 2.00. The Morgan fingerprint density at radius 2 is 2.05 bits per heavy atom. The van der Waals surface area contributed by atoms with E-state index in [1.807, 2.05) is 24.3 Å². The topological polar surface area (TPSA) is 54.2 Å². The summed E-state index contributed by atoms with van der Waals surface area (Å²) in [6.45, 7) is 3.25. The minimum Gasteiger partial charge on any atom is -0.399 e. The first-order chi connectivity index (χ1) is 9.04. The lowest BCUT2D eigenvalue weighted by Crippen LogP contribution is -2.23. The quantitative estimate of drug-likeness (QED) is 0.809. The van der Waals surface area contributed by atoms with Crippen molar-refractivity contribution in [1.82, 2.24) is 9.88 Å². The van der Waals surface area contributed by atoms with Crippen LogP contribution in [-0.4, -0.2) is 36.6 Å². The molecule has 0 bridgehead atoms. The van der Waals surface area contributed by atoms with Crippen LogP contribution in [0.1, 0.15) is 13.3 Å². The van der Waals surface area contributed by atoms with Gasteiger partial charge in [-0.1, -0.05) is 0 Å². The van der Waals surface area contributed by atoms with Gasteiger partial charge in [-0.2, -0.15) is 0 Å². The van der Waals surface area contributed by atoms with Gasteiger partial charge in [0.15, 0.2) is 0 Å². The maximum Gasteiger partial charge on any atom is 0.126 e. The number of aromatic nitrogens is 1. The lowest BCUT2D eigenvalue weighted by molar-refractivity contribution is 0.390. The highest BCUT2D eigenvalue weighted by Gasteiger charge is 2.04. The third kappa shape index (κ3) is 3.83. The van der Waals surface area contributed by atoms with Crippen LogP contribution in [0, 0.1) is 0 Å². The van der Waals surface area contributed by atoms with E-state index < -0.39 is 0 Å². The maximum atomic E-state index is 5.76. The molecule has 0 saturated carbocycles. The first-order valence-corrected chi connectivity index (χ1v) is 6.62. The van der Waals surface area contributed by atoms with Gasteiger partial charge in [0.25, 0.3) is 0 Å². The van der Waals surface area contributed by atoms with Gasteiger partial charge in [0.2, 0.25) is 0 Å². The molecule has 4 heteroatoms. The normalized spacial score (nSPS) is 12.8. The Bertz CT molecular complexity index is 551. The van der Waals surface area contributed by atoms with Gasteiger partial charge in [-0.05, 0) is 64.3 Å². The first-order valence-electron chi connectivity index (χ1n) is 6.62. The second-order valence-electron chi connectivity index (χ2n) is 5.29. The second-order valence-corrected chi connectivity index (χ2v) is 5.29. The molecule has 0 radical (unpaired) electrons. The summed E-state index contributed by atoms with van der Waals surface area (Å²) in [4.78, 5) is 6.79. The van der Waals surface area contributed by atoms with Crippen molar-refractivity contribution in [1.29, 1.82) is 0 Å². The highest BCUT2D eigenvalue weighted by molar-refractivity contribution is 5.83. The molecular formula is C15H22N4. The van der Waals surface area contributed by atoms with E-state index in [0.29, 0.717) is 6.04 Å². The predicted octanol–water partition coefficient (Wildman–Crippen LogP) is 2.57. The van der Waals surface area contributed by atoms with E-state index in [0.717, 1.165) is 35.4 Å². The highest BCUT2D eigenvalue weighted by atomic mass is 15.1. The number of rotatable bonds is 5. The Balaban J connectivity index is 2.07. The summed E-state index contributed by atoms with van der Waals surface area (Å²) in [5.41, 5.74) is 7.51. The van der Waals surface area contributed by atoms with Crippen LogP contribution in [0.4, 0.5) is 11.5 Å². The number of nitrogens with zero attached hydrogens (tertiary/aromatic N) is 2. The standard InChI is InChI=1S/C15H22N4/c1-11(8-9-19(2)3)17-15-7-4-12-10-13(16)5-6-14(12)18-15/h4-7,10-11H,8-9,16H2,1-3H3,(H,17,18). The van der Waals surface area contributed by atoms with Crippen LogP contribution in [0.15, 0.2) is 30.3 Å². The largest absolute Gasteiger partial charge is 0.399 e. The Morgan fingerprint density at radius 1 is 1.26 bits per heavy atom. The molecule has 0 amide bonds. The van der Waals surface area contributed by atoms with Crippen molar-refractivity contribution in [2.75, 3.05) is 31.7 Å². The zero-order chi connectivity index (χ0) is 13.8. The summed E-state index contributed by atoms with van der Waals surface area (Å²) in [7, 11) is 4.18. The number of nitrogen functional groups attached to an aromatic ring is 1. The van der Waals surface area contributed by atoms with Crippen LogP contribution >= 0.6 is 0 Å². The number of benzene rings is 1. The summed E-state index contributed by atoms with van der Waals surface area (Å²) in [5.74, 6) is 0.920. The average molecular weight is 258 g/mol. The first kappa shape index (κ1) is 13.6. The molecule has 0 aliphatic heterocycles. The van der Waals surface area contributed by atoms with Crippen LogP contribution < -0.4 is 11.1 Å². The van der Waals surface area contributed by atoms with E-state index in [1.165, 1.54) is 0 Å². The van der Waals surface area contributed by atoms with Gasteiger partial charge in [0.1, 0.15) is 5.82 Å². The molecule has 0 saturated heterocycles. The number of nitrogens with one attached hydrogen (secondary N) is 1. The van der Waals surface area contributed by atoms with E-state index >= 15 is 0 Å². The van der Waals surface area contributed by atoms with Crippen molar-refractivity contribution in [2.45, 2.75) is 19.4 Å². The number of pyridine rings is 1. The molecule has 1 aromatic heterocycles. The van der Waals surface area contributed by atoms with E-state index in [4.69, 9.17) is 5.73 Å². The average Bonchev–Trinajstić information content (AvgIpc) is 2.36. The molecule has 1 aromatic carbocycles. The van der Waals surface area contributed by atoms with Crippen LogP contribution in [0.5, 0.6) is 0 Å². The molecule has 1 unspecified atom stereocenters. The van der Waals surface area contributed by atoms with Gasteiger partial charge in [-0.3, -0.25) is 0 Å². The maximum absolute atomic E-state index is 5.76. The number of hydrogen-bond donors (Lipinski definition) is 2. The van der Waals surface area contributed by atoms with Crippen LogP contribution in [-0.2, 0) is 0 Å². The molecule has 2 aromatic rings. The summed E-state index contributed by atoms with van der Waals surface area (Å²) in [6, 6.07) is 10.3. The number of anilines is 2. The van der Waals surface area contributed by atoms with Crippen LogP contribution in [0.25, 0.3) is 10.9 Å². The van der Waals surface area contributed by atoms with E-state index in [1.54, 1.807) is 0 Å². The molecule has 0 aliphatic carbocycles. The van der Waals surface area contributed by atoms with Gasteiger partial charge in [0, 0.05) is 17.1 Å². The summed E-state index contributed by atoms with van der Waals surface area (Å²) < 4.78 is 0. The molecule has 102 valence electrons. The molecule has 0 fully saturated rings. The van der Waals surface area contributed by atoms with E-state index in [2.05, 4.69) is 42.3 Å². The molecule has 0 aliphatic rings. The highest BCUT2D eigenvalue weighted by Crippen LogP contribution is 2.18. The van der Waals surface area contributed by atoms with Gasteiger partial charge in [-0.15, -0.1) is 0 Å². The van der Waals surface area contributed by atoms with Crippen molar-refractivity contribution in [2.24, 2.45) is 0 Å². The van der Waals surface area contributed by atoms with Crippen molar-refractivity contribution in [3.8, 4) is 0 Å². The van der Waals surface area contributed by atoms with E-state index in [-0.39, 0.29) is 0 Å². The zero-order valence-corrected chi connectivity index (χ0v) is 11.9. The van der Waals surface area contributed by atoms with E-state index in [9.17, 15) is 0 Å². The fraction of sp³-hybridized carbons (Fsp3) is 0.400. The van der Waals surface area contributed by atoms with Gasteiger partial charge in [0.05, 0.1) is 5.52 Å². The molecule has 4 nitrogen and oxygen atoms in total. The SMILES string of the molecule is CC(CCN(C)C)Nc1ccc2cc(N)ccc2n1. The lowest BCUT2D eigenvalue weighted by Gasteiger charge is -2.17. The van der Waals surface area contributed by atoms with Crippen molar-refractivity contribution >= 4 is 22.4 Å². The predicted molar refractivity (Wildman–Crippen MR) is 82.4 cm³/mol. The monoisotopic (exact) mass is 258 g/mol. The molecule has 1 heterocycles. The zero-order valence-electron chi connectivity index (χ0n) is 11.9. The van der Waals surface area contributed by atoms with Crippen molar-refractivity contribution in [3.05, 3.63) is 30.3 Å².